The number of thiophene rings is 1. The highest BCUT2D eigenvalue weighted by Gasteiger charge is 2.20. The molecule has 2 rings (SSSR count). The average Bonchev–Trinajstić information content (AvgIpc) is 2.67. The number of hydrogen-bond donors (Lipinski definition) is 3. The Kier molecular flexibility index (Phi) is 4.50. The van der Waals surface area contributed by atoms with Crippen LogP contribution in [-0.4, -0.2) is 17.1 Å². The third-order valence-electron chi connectivity index (χ3n) is 2.95. The molecule has 0 aliphatic rings. The van der Waals surface area contributed by atoms with Crippen LogP contribution in [0.1, 0.15) is 20.8 Å². The highest BCUT2D eigenvalue weighted by Crippen LogP contribution is 2.32. The number of carbonyl (C=O) groups is 2. The first-order valence-electron chi connectivity index (χ1n) is 6.06. The standard InChI is InChI=1S/C14H13ClN2O3S/c1-7-8(2)21-12(11(7)13(18)19)17-14(20)16-10-6-4-3-5-9(10)15/h3-6H,1-2H3,(H,18,19)(H2,16,17,20). The summed E-state index contributed by atoms with van der Waals surface area (Å²) >= 11 is 7.17. The van der Waals surface area contributed by atoms with Crippen molar-refractivity contribution in [1.82, 2.24) is 0 Å². The molecule has 3 N–H and O–H groups in total. The van der Waals surface area contributed by atoms with Crippen LogP contribution in [0.5, 0.6) is 0 Å². The van der Waals surface area contributed by atoms with Gasteiger partial charge in [0, 0.05) is 4.88 Å². The summed E-state index contributed by atoms with van der Waals surface area (Å²) in [5, 5.41) is 15.1. The third kappa shape index (κ3) is 3.34. The molecule has 0 unspecified atom stereocenters. The fourth-order valence-corrected chi connectivity index (χ4v) is 3.02. The molecule has 1 aromatic carbocycles. The number of halogens is 1. The van der Waals surface area contributed by atoms with Crippen LogP contribution in [0.3, 0.4) is 0 Å². The van der Waals surface area contributed by atoms with Crippen LogP contribution in [0.2, 0.25) is 5.02 Å². The van der Waals surface area contributed by atoms with E-state index < -0.39 is 12.0 Å². The van der Waals surface area contributed by atoms with Crippen LogP contribution in [0.25, 0.3) is 0 Å². The Hall–Kier alpha value is -2.05. The molecule has 0 bridgehead atoms. The largest absolute Gasteiger partial charge is 0.478 e. The van der Waals surface area contributed by atoms with Gasteiger partial charge < -0.3 is 10.4 Å². The van der Waals surface area contributed by atoms with Gasteiger partial charge in [-0.1, -0.05) is 23.7 Å². The fourth-order valence-electron chi connectivity index (χ4n) is 1.79. The molecule has 0 saturated heterocycles. The second-order valence-electron chi connectivity index (χ2n) is 4.35. The minimum atomic E-state index is -1.06. The molecule has 5 nitrogen and oxygen atoms in total. The van der Waals surface area contributed by atoms with Gasteiger partial charge in [0.05, 0.1) is 16.3 Å². The number of anilines is 2. The van der Waals surface area contributed by atoms with Gasteiger partial charge in [0.2, 0.25) is 0 Å². The molecule has 21 heavy (non-hydrogen) atoms. The van der Waals surface area contributed by atoms with E-state index in [4.69, 9.17) is 11.6 Å². The molecule has 1 heterocycles. The lowest BCUT2D eigenvalue weighted by atomic mass is 10.1. The maximum Gasteiger partial charge on any atom is 0.338 e. The quantitative estimate of drug-likeness (QED) is 0.784. The summed E-state index contributed by atoms with van der Waals surface area (Å²) in [6.45, 7) is 3.52. The van der Waals surface area contributed by atoms with Gasteiger partial charge in [0.25, 0.3) is 0 Å². The Morgan fingerprint density at radius 1 is 1.19 bits per heavy atom. The number of aryl methyl sites for hydroxylation is 1. The first-order chi connectivity index (χ1) is 9.90. The predicted molar refractivity (Wildman–Crippen MR) is 84.8 cm³/mol. The van der Waals surface area contributed by atoms with E-state index >= 15 is 0 Å². The smallest absolute Gasteiger partial charge is 0.338 e. The van der Waals surface area contributed by atoms with Crippen molar-refractivity contribution < 1.29 is 14.7 Å². The van der Waals surface area contributed by atoms with Crippen molar-refractivity contribution in [3.05, 3.63) is 45.3 Å². The van der Waals surface area contributed by atoms with Gasteiger partial charge in [-0.05, 0) is 31.5 Å². The van der Waals surface area contributed by atoms with Crippen LogP contribution in [0, 0.1) is 13.8 Å². The molecule has 0 aliphatic heterocycles. The maximum atomic E-state index is 12.0. The van der Waals surface area contributed by atoms with Crippen molar-refractivity contribution in [3.63, 3.8) is 0 Å². The number of carbonyl (C=O) groups excluding carboxylic acids is 1. The summed E-state index contributed by atoms with van der Waals surface area (Å²) in [5.41, 5.74) is 1.23. The molecule has 2 amide bonds. The second-order valence-corrected chi connectivity index (χ2v) is 5.98. The number of para-hydroxylation sites is 1. The summed E-state index contributed by atoms with van der Waals surface area (Å²) in [6, 6.07) is 6.26. The van der Waals surface area contributed by atoms with E-state index in [0.29, 0.717) is 21.3 Å². The van der Waals surface area contributed by atoms with Crippen molar-refractivity contribution in [2.45, 2.75) is 13.8 Å². The van der Waals surface area contributed by atoms with Gasteiger partial charge in [-0.25, -0.2) is 9.59 Å². The van der Waals surface area contributed by atoms with Crippen molar-refractivity contribution in [2.75, 3.05) is 10.6 Å². The topological polar surface area (TPSA) is 78.4 Å². The summed E-state index contributed by atoms with van der Waals surface area (Å²) in [5.74, 6) is -1.06. The van der Waals surface area contributed by atoms with Gasteiger partial charge in [0.1, 0.15) is 5.00 Å². The van der Waals surface area contributed by atoms with Crippen LogP contribution in [0.15, 0.2) is 24.3 Å². The van der Waals surface area contributed by atoms with Crippen LogP contribution in [0.4, 0.5) is 15.5 Å². The zero-order valence-electron chi connectivity index (χ0n) is 11.4. The highest BCUT2D eigenvalue weighted by molar-refractivity contribution is 7.16. The Labute approximate surface area is 130 Å². The molecule has 0 atom stereocenters. The number of hydrogen-bond acceptors (Lipinski definition) is 3. The molecular weight excluding hydrogens is 312 g/mol. The second kappa shape index (κ2) is 6.15. The fraction of sp³-hybridized carbons (Fsp3) is 0.143. The lowest BCUT2D eigenvalue weighted by Gasteiger charge is -2.08. The van der Waals surface area contributed by atoms with E-state index in [1.54, 1.807) is 31.2 Å². The monoisotopic (exact) mass is 324 g/mol. The van der Waals surface area contributed by atoms with Crippen molar-refractivity contribution in [3.8, 4) is 0 Å². The minimum absolute atomic E-state index is 0.117. The van der Waals surface area contributed by atoms with Gasteiger partial charge >= 0.3 is 12.0 Å². The molecule has 0 saturated carbocycles. The lowest BCUT2D eigenvalue weighted by Crippen LogP contribution is -2.20. The molecule has 0 spiro atoms. The predicted octanol–water partition coefficient (Wildman–Crippen LogP) is 4.36. The molecule has 2 aromatic rings. The molecule has 0 fully saturated rings. The van der Waals surface area contributed by atoms with Crippen molar-refractivity contribution in [1.29, 1.82) is 0 Å². The van der Waals surface area contributed by atoms with Gasteiger partial charge in [-0.3, -0.25) is 5.32 Å². The Morgan fingerprint density at radius 3 is 2.48 bits per heavy atom. The SMILES string of the molecule is Cc1sc(NC(=O)Nc2ccccc2Cl)c(C(=O)O)c1C. The number of rotatable bonds is 3. The summed E-state index contributed by atoms with van der Waals surface area (Å²) in [4.78, 5) is 24.1. The maximum absolute atomic E-state index is 12.0. The number of aromatic carboxylic acids is 1. The van der Waals surface area contributed by atoms with Crippen LogP contribution >= 0.6 is 22.9 Å². The van der Waals surface area contributed by atoms with Crippen molar-refractivity contribution >= 4 is 45.6 Å². The van der Waals surface area contributed by atoms with Crippen LogP contribution < -0.4 is 10.6 Å². The van der Waals surface area contributed by atoms with E-state index in [0.717, 1.165) is 4.88 Å². The molecular formula is C14H13ClN2O3S. The Bertz CT molecular complexity index is 712. The number of carboxylic acids is 1. The van der Waals surface area contributed by atoms with Crippen molar-refractivity contribution in [2.24, 2.45) is 0 Å². The Balaban J connectivity index is 2.19. The van der Waals surface area contributed by atoms with E-state index in [1.807, 2.05) is 6.92 Å². The average molecular weight is 325 g/mol. The molecule has 110 valence electrons. The highest BCUT2D eigenvalue weighted by atomic mass is 35.5. The summed E-state index contributed by atoms with van der Waals surface area (Å²) in [7, 11) is 0. The molecule has 0 aliphatic carbocycles. The van der Waals surface area contributed by atoms with E-state index in [-0.39, 0.29) is 5.56 Å². The van der Waals surface area contributed by atoms with Gasteiger partial charge in [0.15, 0.2) is 0 Å². The molecule has 1 aromatic heterocycles. The lowest BCUT2D eigenvalue weighted by molar-refractivity contribution is 0.0697. The van der Waals surface area contributed by atoms with Crippen LogP contribution in [-0.2, 0) is 0 Å². The first kappa shape index (κ1) is 15.3. The Morgan fingerprint density at radius 2 is 1.86 bits per heavy atom. The van der Waals surface area contributed by atoms with E-state index in [1.165, 1.54) is 11.3 Å². The van der Waals surface area contributed by atoms with E-state index in [9.17, 15) is 14.7 Å². The van der Waals surface area contributed by atoms with E-state index in [2.05, 4.69) is 10.6 Å². The number of urea groups is 1. The molecule has 7 heteroatoms. The van der Waals surface area contributed by atoms with Gasteiger partial charge in [-0.15, -0.1) is 11.3 Å². The summed E-state index contributed by atoms with van der Waals surface area (Å²) < 4.78 is 0. The zero-order valence-corrected chi connectivity index (χ0v) is 12.9. The molecule has 0 radical (unpaired) electrons. The number of nitrogens with one attached hydrogen (secondary N) is 2. The number of carboxylic acid groups (broad SMARTS) is 1. The number of benzene rings is 1. The normalized spacial score (nSPS) is 10.2. The zero-order chi connectivity index (χ0) is 15.6. The third-order valence-corrected chi connectivity index (χ3v) is 4.40. The summed E-state index contributed by atoms with van der Waals surface area (Å²) in [6.07, 6.45) is 0. The van der Waals surface area contributed by atoms with Gasteiger partial charge in [-0.2, -0.15) is 0 Å². The first-order valence-corrected chi connectivity index (χ1v) is 7.25. The number of amides is 2. The minimum Gasteiger partial charge on any atom is -0.478 e.